The summed E-state index contributed by atoms with van der Waals surface area (Å²) in [6.45, 7) is 11.2. The van der Waals surface area contributed by atoms with Crippen molar-refractivity contribution in [3.05, 3.63) is 0 Å². The molecule has 0 spiro atoms. The van der Waals surface area contributed by atoms with E-state index in [4.69, 9.17) is 14.3 Å². The van der Waals surface area contributed by atoms with Gasteiger partial charge in [0.1, 0.15) is 17.2 Å². The molecule has 0 aliphatic rings. The van der Waals surface area contributed by atoms with E-state index in [1.807, 2.05) is 0 Å². The first kappa shape index (κ1) is 27.5. The van der Waals surface area contributed by atoms with Gasteiger partial charge in [-0.15, -0.1) is 0 Å². The Kier molecular flexibility index (Phi) is 9.47. The fraction of sp³-hybridized carbons (Fsp3) is 0.889. The van der Waals surface area contributed by atoms with E-state index in [2.05, 4.69) is 0 Å². The first-order chi connectivity index (χ1) is 12.7. The van der Waals surface area contributed by atoms with Gasteiger partial charge in [-0.05, 0) is 54.4 Å². The highest BCUT2D eigenvalue weighted by atomic mass is 32.2. The van der Waals surface area contributed by atoms with Crippen molar-refractivity contribution in [3.8, 4) is 0 Å². The molecule has 3 atom stereocenters. The number of esters is 1. The first-order valence-electron chi connectivity index (χ1n) is 9.25. The van der Waals surface area contributed by atoms with E-state index in [0.29, 0.717) is 0 Å². The van der Waals surface area contributed by atoms with Crippen LogP contribution in [0.5, 0.6) is 0 Å². The summed E-state index contributed by atoms with van der Waals surface area (Å²) < 4.78 is 69.7. The number of rotatable bonds is 8. The minimum atomic E-state index is -4.78. The number of ether oxygens (including phenoxy) is 2. The Bertz CT molecular complexity index is 664. The number of halogens is 3. The molecule has 0 aromatic heterocycles. The number of hydrogen-bond acceptors (Lipinski definition) is 6. The standard InChI is InChI=1S/C18H33F3N2O5S/c1-12(14(24)27-16(2,3)4)8-10-29(22,26)11-9-13(18(19,20)21)23-15(25)28-17(5,6)7/h12-13,22H,8-11H2,1-7H3,(H,23,25)/t12-,13?,29?/m0/s1. The maximum Gasteiger partial charge on any atom is 0.408 e. The molecule has 0 aromatic carbocycles. The molecule has 0 fully saturated rings. The van der Waals surface area contributed by atoms with Crippen LogP contribution in [0.4, 0.5) is 18.0 Å². The summed E-state index contributed by atoms with van der Waals surface area (Å²) in [5.74, 6) is -1.98. The minimum Gasteiger partial charge on any atom is -0.460 e. The third kappa shape index (κ3) is 13.3. The molecule has 0 aromatic rings. The Morgan fingerprint density at radius 3 is 1.83 bits per heavy atom. The maximum atomic E-state index is 13.2. The lowest BCUT2D eigenvalue weighted by Crippen LogP contribution is -2.48. The number of hydrogen-bond donors (Lipinski definition) is 2. The SMILES string of the molecule is C[C@@H](CCS(=N)(=O)CCC(NC(=O)OC(C)(C)C)C(F)(F)F)C(=O)OC(C)(C)C. The Labute approximate surface area is 171 Å². The van der Waals surface area contributed by atoms with Gasteiger partial charge in [-0.2, -0.15) is 13.2 Å². The van der Waals surface area contributed by atoms with Crippen molar-refractivity contribution >= 4 is 21.8 Å². The number of alkyl carbamates (subject to hydrolysis) is 1. The zero-order valence-corrected chi connectivity index (χ0v) is 18.9. The average Bonchev–Trinajstić information content (AvgIpc) is 2.44. The van der Waals surface area contributed by atoms with Gasteiger partial charge in [0.2, 0.25) is 0 Å². The van der Waals surface area contributed by atoms with Crippen molar-refractivity contribution in [2.24, 2.45) is 5.92 Å². The number of carbonyl (C=O) groups excluding carboxylic acids is 2. The van der Waals surface area contributed by atoms with E-state index in [-0.39, 0.29) is 12.2 Å². The molecule has 2 unspecified atom stereocenters. The lowest BCUT2D eigenvalue weighted by molar-refractivity contribution is -0.159. The van der Waals surface area contributed by atoms with Gasteiger partial charge in [-0.3, -0.25) is 9.57 Å². The Morgan fingerprint density at radius 1 is 0.966 bits per heavy atom. The van der Waals surface area contributed by atoms with Crippen molar-refractivity contribution in [1.82, 2.24) is 5.32 Å². The molecule has 29 heavy (non-hydrogen) atoms. The first-order valence-corrected chi connectivity index (χ1v) is 11.1. The van der Waals surface area contributed by atoms with E-state index in [1.54, 1.807) is 33.0 Å². The quantitative estimate of drug-likeness (QED) is 0.543. The van der Waals surface area contributed by atoms with Gasteiger partial charge in [-0.25, -0.2) is 9.00 Å². The summed E-state index contributed by atoms with van der Waals surface area (Å²) in [7, 11) is -3.38. The largest absolute Gasteiger partial charge is 0.460 e. The second-order valence-electron chi connectivity index (χ2n) is 8.97. The van der Waals surface area contributed by atoms with Crippen molar-refractivity contribution in [1.29, 1.82) is 4.78 Å². The minimum absolute atomic E-state index is 0.0490. The van der Waals surface area contributed by atoms with Crippen molar-refractivity contribution in [2.45, 2.75) is 84.7 Å². The molecule has 0 heterocycles. The molecule has 172 valence electrons. The van der Waals surface area contributed by atoms with E-state index in [0.717, 1.165) is 0 Å². The summed E-state index contributed by atoms with van der Waals surface area (Å²) >= 11 is 0. The molecule has 0 bridgehead atoms. The third-order valence-electron chi connectivity index (χ3n) is 3.51. The maximum absolute atomic E-state index is 13.2. The average molecular weight is 447 g/mol. The lowest BCUT2D eigenvalue weighted by atomic mass is 10.1. The monoisotopic (exact) mass is 446 g/mol. The van der Waals surface area contributed by atoms with Crippen LogP contribution in [-0.2, 0) is 24.0 Å². The van der Waals surface area contributed by atoms with Crippen LogP contribution in [0.25, 0.3) is 0 Å². The molecule has 7 nitrogen and oxygen atoms in total. The van der Waals surface area contributed by atoms with Crippen LogP contribution in [0.3, 0.4) is 0 Å². The molecule has 0 saturated carbocycles. The topological polar surface area (TPSA) is 106 Å². The molecule has 1 amide bonds. The van der Waals surface area contributed by atoms with Crippen LogP contribution < -0.4 is 5.32 Å². The van der Waals surface area contributed by atoms with E-state index in [9.17, 15) is 27.0 Å². The molecule has 0 rings (SSSR count). The number of amides is 1. The molecule has 0 saturated heterocycles. The highest BCUT2D eigenvalue weighted by Gasteiger charge is 2.41. The van der Waals surface area contributed by atoms with Crippen molar-refractivity contribution < 1.29 is 36.4 Å². The second-order valence-corrected chi connectivity index (χ2v) is 11.4. The van der Waals surface area contributed by atoms with E-state index >= 15 is 0 Å². The Balaban J connectivity index is 4.82. The van der Waals surface area contributed by atoms with Crippen molar-refractivity contribution in [3.63, 3.8) is 0 Å². The highest BCUT2D eigenvalue weighted by molar-refractivity contribution is 7.92. The predicted octanol–water partition coefficient (Wildman–Crippen LogP) is 4.25. The summed E-state index contributed by atoms with van der Waals surface area (Å²) in [6, 6.07) is -2.29. The number of carbonyl (C=O) groups is 2. The van der Waals surface area contributed by atoms with Gasteiger partial charge in [-0.1, -0.05) is 6.92 Å². The van der Waals surface area contributed by atoms with Crippen LogP contribution in [0.15, 0.2) is 0 Å². The second kappa shape index (κ2) is 9.99. The summed E-state index contributed by atoms with van der Waals surface area (Å²) in [5.41, 5.74) is -1.66. The zero-order valence-electron chi connectivity index (χ0n) is 18.1. The highest BCUT2D eigenvalue weighted by Crippen LogP contribution is 2.24. The van der Waals surface area contributed by atoms with Gasteiger partial charge < -0.3 is 14.8 Å². The van der Waals surface area contributed by atoms with Crippen LogP contribution in [0, 0.1) is 10.7 Å². The zero-order chi connectivity index (χ0) is 23.3. The molecule has 11 heteroatoms. The summed E-state index contributed by atoms with van der Waals surface area (Å²) in [4.78, 5) is 23.6. The van der Waals surface area contributed by atoms with Gasteiger partial charge in [0.15, 0.2) is 0 Å². The molecular weight excluding hydrogens is 413 g/mol. The van der Waals surface area contributed by atoms with Gasteiger partial charge in [0, 0.05) is 21.2 Å². The molecule has 0 aliphatic heterocycles. The molecule has 2 N–H and O–H groups in total. The Hall–Kier alpha value is -1.52. The normalized spacial score (nSPS) is 17.0. The molecule has 0 aliphatic carbocycles. The third-order valence-corrected chi connectivity index (χ3v) is 5.30. The van der Waals surface area contributed by atoms with Gasteiger partial charge in [0.25, 0.3) is 0 Å². The van der Waals surface area contributed by atoms with Crippen LogP contribution >= 0.6 is 0 Å². The fourth-order valence-corrected chi connectivity index (χ4v) is 3.62. The summed E-state index contributed by atoms with van der Waals surface area (Å²) in [6.07, 6.45) is -6.70. The number of alkyl halides is 3. The smallest absolute Gasteiger partial charge is 0.408 e. The van der Waals surface area contributed by atoms with E-state index in [1.165, 1.54) is 20.8 Å². The van der Waals surface area contributed by atoms with Gasteiger partial charge >= 0.3 is 18.2 Å². The van der Waals surface area contributed by atoms with Crippen LogP contribution in [0.2, 0.25) is 0 Å². The van der Waals surface area contributed by atoms with Crippen LogP contribution in [-0.4, -0.2) is 51.2 Å². The van der Waals surface area contributed by atoms with Crippen molar-refractivity contribution in [2.75, 3.05) is 11.5 Å². The molecule has 0 radical (unpaired) electrons. The summed E-state index contributed by atoms with van der Waals surface area (Å²) in [5, 5.41) is 1.73. The Morgan fingerprint density at radius 2 is 1.41 bits per heavy atom. The van der Waals surface area contributed by atoms with Gasteiger partial charge in [0.05, 0.1) is 5.92 Å². The van der Waals surface area contributed by atoms with E-state index < -0.39 is 63.3 Å². The van der Waals surface area contributed by atoms with Crippen LogP contribution in [0.1, 0.15) is 61.3 Å². The fourth-order valence-electron chi connectivity index (χ4n) is 2.07. The lowest BCUT2D eigenvalue weighted by Gasteiger charge is -2.25. The predicted molar refractivity (Wildman–Crippen MR) is 104 cm³/mol. The molecular formula is C18H33F3N2O5S. The number of nitrogens with one attached hydrogen (secondary N) is 2.